The Hall–Kier alpha value is -0.130. The van der Waals surface area contributed by atoms with Crippen LogP contribution in [0.25, 0.3) is 0 Å². The molecule has 16 heavy (non-hydrogen) atoms. The lowest BCUT2D eigenvalue weighted by Gasteiger charge is -2.23. The lowest BCUT2D eigenvalue weighted by Crippen LogP contribution is -2.31. The van der Waals surface area contributed by atoms with Gasteiger partial charge in [0.1, 0.15) is 0 Å². The Morgan fingerprint density at radius 3 is 2.75 bits per heavy atom. The molecule has 0 aliphatic carbocycles. The first-order valence-electron chi connectivity index (χ1n) is 6.16. The molecule has 0 bridgehead atoms. The smallest absolute Gasteiger partial charge is 0.151 e. The Kier molecular flexibility index (Phi) is 5.72. The van der Waals surface area contributed by atoms with Crippen LogP contribution in [0.5, 0.6) is 0 Å². The zero-order valence-electron chi connectivity index (χ0n) is 10.2. The van der Waals surface area contributed by atoms with E-state index in [0.29, 0.717) is 24.0 Å². The molecule has 0 aromatic rings. The molecule has 1 heterocycles. The molecule has 1 atom stereocenters. The fourth-order valence-electron chi connectivity index (χ4n) is 2.17. The second-order valence-electron chi connectivity index (χ2n) is 4.84. The summed E-state index contributed by atoms with van der Waals surface area (Å²) < 4.78 is 22.9. The number of rotatable bonds is 5. The molecular formula is C11H24N2O2S. The van der Waals surface area contributed by atoms with E-state index in [0.717, 1.165) is 38.9 Å². The maximum absolute atomic E-state index is 11.4. The van der Waals surface area contributed by atoms with E-state index in [1.807, 2.05) is 0 Å². The highest BCUT2D eigenvalue weighted by Gasteiger charge is 2.19. The minimum absolute atomic E-state index is 0.330. The number of nitrogens with two attached hydrogens (primary N) is 1. The molecule has 96 valence electrons. The molecule has 0 amide bonds. The predicted molar refractivity (Wildman–Crippen MR) is 67.2 cm³/mol. The molecule has 0 aromatic heterocycles. The van der Waals surface area contributed by atoms with E-state index in [1.54, 1.807) is 0 Å². The van der Waals surface area contributed by atoms with Crippen molar-refractivity contribution in [2.45, 2.75) is 26.2 Å². The van der Waals surface area contributed by atoms with Crippen molar-refractivity contribution < 1.29 is 8.42 Å². The first kappa shape index (κ1) is 13.9. The van der Waals surface area contributed by atoms with Crippen LogP contribution >= 0.6 is 0 Å². The van der Waals surface area contributed by atoms with Gasteiger partial charge in [0.2, 0.25) is 0 Å². The molecule has 1 rings (SSSR count). The van der Waals surface area contributed by atoms with Crippen LogP contribution in [0.1, 0.15) is 26.2 Å². The van der Waals surface area contributed by atoms with Crippen LogP contribution in [0.4, 0.5) is 0 Å². The second-order valence-corrected chi connectivity index (χ2v) is 7.15. The molecule has 1 aliphatic heterocycles. The van der Waals surface area contributed by atoms with Crippen molar-refractivity contribution >= 4 is 9.84 Å². The molecular weight excluding hydrogens is 224 g/mol. The van der Waals surface area contributed by atoms with Crippen LogP contribution in [-0.4, -0.2) is 51.0 Å². The Morgan fingerprint density at radius 2 is 2.06 bits per heavy atom. The molecule has 0 saturated carbocycles. The molecule has 1 aliphatic rings. The van der Waals surface area contributed by atoms with Crippen LogP contribution in [0.3, 0.4) is 0 Å². The molecule has 2 N–H and O–H groups in total. The summed E-state index contributed by atoms with van der Waals surface area (Å²) in [5.74, 6) is 1.31. The minimum Gasteiger partial charge on any atom is -0.330 e. The van der Waals surface area contributed by atoms with Crippen molar-refractivity contribution in [1.82, 2.24) is 4.90 Å². The molecule has 1 unspecified atom stereocenters. The monoisotopic (exact) mass is 248 g/mol. The molecule has 0 spiro atoms. The van der Waals surface area contributed by atoms with Gasteiger partial charge in [0.05, 0.1) is 11.5 Å². The molecule has 1 saturated heterocycles. The maximum atomic E-state index is 11.4. The normalized spacial score (nSPS) is 23.9. The van der Waals surface area contributed by atoms with Crippen molar-refractivity contribution in [2.24, 2.45) is 11.7 Å². The van der Waals surface area contributed by atoms with E-state index in [2.05, 4.69) is 11.8 Å². The average molecular weight is 248 g/mol. The van der Waals surface area contributed by atoms with Crippen molar-refractivity contribution in [2.75, 3.05) is 37.7 Å². The fourth-order valence-corrected chi connectivity index (χ4v) is 3.48. The average Bonchev–Trinajstić information content (AvgIpc) is 2.37. The Labute approximate surface area is 99.1 Å². The van der Waals surface area contributed by atoms with Gasteiger partial charge in [0, 0.05) is 13.1 Å². The highest BCUT2D eigenvalue weighted by molar-refractivity contribution is 7.91. The van der Waals surface area contributed by atoms with Crippen LogP contribution in [0, 0.1) is 5.92 Å². The highest BCUT2D eigenvalue weighted by Crippen LogP contribution is 2.11. The van der Waals surface area contributed by atoms with E-state index >= 15 is 0 Å². The van der Waals surface area contributed by atoms with Gasteiger partial charge in [-0.05, 0) is 38.3 Å². The number of nitrogens with zero attached hydrogens (tertiary/aromatic N) is 1. The van der Waals surface area contributed by atoms with E-state index in [-0.39, 0.29) is 0 Å². The largest absolute Gasteiger partial charge is 0.330 e. The van der Waals surface area contributed by atoms with E-state index in [1.165, 1.54) is 0 Å². The van der Waals surface area contributed by atoms with Gasteiger partial charge in [-0.3, -0.25) is 0 Å². The van der Waals surface area contributed by atoms with Crippen molar-refractivity contribution in [1.29, 1.82) is 0 Å². The van der Waals surface area contributed by atoms with Gasteiger partial charge in [0.25, 0.3) is 0 Å². The lowest BCUT2D eigenvalue weighted by atomic mass is 10.1. The Balaban J connectivity index is 2.32. The number of sulfone groups is 1. The first-order valence-corrected chi connectivity index (χ1v) is 7.98. The molecule has 4 nitrogen and oxygen atoms in total. The third-order valence-electron chi connectivity index (χ3n) is 3.12. The van der Waals surface area contributed by atoms with Gasteiger partial charge >= 0.3 is 0 Å². The zero-order valence-corrected chi connectivity index (χ0v) is 11.0. The van der Waals surface area contributed by atoms with Gasteiger partial charge in [-0.25, -0.2) is 8.42 Å². The Bertz CT molecular complexity index is 290. The first-order chi connectivity index (χ1) is 7.53. The molecule has 0 radical (unpaired) electrons. The topological polar surface area (TPSA) is 63.4 Å². The van der Waals surface area contributed by atoms with Crippen molar-refractivity contribution in [3.63, 3.8) is 0 Å². The SMILES string of the molecule is CC(CCCN)CN1CCCS(=O)(=O)CC1. The third kappa shape index (κ3) is 5.27. The fraction of sp³-hybridized carbons (Fsp3) is 1.00. The summed E-state index contributed by atoms with van der Waals surface area (Å²) in [7, 11) is -2.77. The highest BCUT2D eigenvalue weighted by atomic mass is 32.2. The molecule has 1 fully saturated rings. The van der Waals surface area contributed by atoms with Gasteiger partial charge in [0.15, 0.2) is 9.84 Å². The van der Waals surface area contributed by atoms with E-state index < -0.39 is 9.84 Å². The Morgan fingerprint density at radius 1 is 1.31 bits per heavy atom. The summed E-state index contributed by atoms with van der Waals surface area (Å²) in [6.07, 6.45) is 2.99. The second kappa shape index (κ2) is 6.57. The van der Waals surface area contributed by atoms with E-state index in [4.69, 9.17) is 5.73 Å². The lowest BCUT2D eigenvalue weighted by molar-refractivity contribution is 0.247. The van der Waals surface area contributed by atoms with E-state index in [9.17, 15) is 8.42 Å². The minimum atomic E-state index is -2.77. The quantitative estimate of drug-likeness (QED) is 0.769. The van der Waals surface area contributed by atoms with Crippen LogP contribution in [0.15, 0.2) is 0 Å². The molecule has 5 heteroatoms. The van der Waals surface area contributed by atoms with Gasteiger partial charge < -0.3 is 10.6 Å². The van der Waals surface area contributed by atoms with Crippen LogP contribution < -0.4 is 5.73 Å². The summed E-state index contributed by atoms with van der Waals surface area (Å²) in [5.41, 5.74) is 5.48. The summed E-state index contributed by atoms with van der Waals surface area (Å²) in [6, 6.07) is 0. The standard InChI is InChI=1S/C11H24N2O2S/c1-11(4-2-5-12)10-13-6-3-8-16(14,15)9-7-13/h11H,2-10,12H2,1H3. The van der Waals surface area contributed by atoms with Gasteiger partial charge in [-0.1, -0.05) is 6.92 Å². The summed E-state index contributed by atoms with van der Waals surface area (Å²) >= 11 is 0. The summed E-state index contributed by atoms with van der Waals surface area (Å²) in [5, 5.41) is 0. The number of hydrogen-bond acceptors (Lipinski definition) is 4. The van der Waals surface area contributed by atoms with Gasteiger partial charge in [-0.15, -0.1) is 0 Å². The van der Waals surface area contributed by atoms with Crippen LogP contribution in [-0.2, 0) is 9.84 Å². The van der Waals surface area contributed by atoms with Crippen LogP contribution in [0.2, 0.25) is 0 Å². The summed E-state index contributed by atoms with van der Waals surface area (Å²) in [4.78, 5) is 2.28. The predicted octanol–water partition coefficient (Wildman–Crippen LogP) is 0.482. The van der Waals surface area contributed by atoms with Crippen molar-refractivity contribution in [3.8, 4) is 0 Å². The van der Waals surface area contributed by atoms with Crippen molar-refractivity contribution in [3.05, 3.63) is 0 Å². The van der Waals surface area contributed by atoms with Gasteiger partial charge in [-0.2, -0.15) is 0 Å². The maximum Gasteiger partial charge on any atom is 0.151 e. The molecule has 0 aromatic carbocycles. The third-order valence-corrected chi connectivity index (χ3v) is 4.83. The number of hydrogen-bond donors (Lipinski definition) is 1. The zero-order chi connectivity index (χ0) is 12.0. The summed E-state index contributed by atoms with van der Waals surface area (Å²) in [6.45, 7) is 5.60.